The summed E-state index contributed by atoms with van der Waals surface area (Å²) in [4.78, 5) is 0. The zero-order valence-corrected chi connectivity index (χ0v) is 9.70. The lowest BCUT2D eigenvalue weighted by atomic mass is 10.3. The number of nitrogens with zero attached hydrogens (tertiary/aromatic N) is 2. The third-order valence-corrected chi connectivity index (χ3v) is 2.12. The molecule has 0 fully saturated rings. The molecule has 0 radical (unpaired) electrons. The van der Waals surface area contributed by atoms with Gasteiger partial charge in [-0.1, -0.05) is 13.8 Å². The number of rotatable bonds is 5. The fraction of sp³-hybridized carbons (Fsp3) is 0.700. The quantitative estimate of drug-likeness (QED) is 0.828. The highest BCUT2D eigenvalue weighted by Gasteiger charge is 2.32. The van der Waals surface area contributed by atoms with Crippen LogP contribution in [0.2, 0.25) is 0 Å². The maximum absolute atomic E-state index is 12.3. The Labute approximate surface area is 97.4 Å². The smallest absolute Gasteiger partial charge is 0.390 e. The van der Waals surface area contributed by atoms with Crippen molar-refractivity contribution in [3.05, 3.63) is 18.0 Å². The van der Waals surface area contributed by atoms with Crippen molar-refractivity contribution >= 4 is 0 Å². The van der Waals surface area contributed by atoms with Gasteiger partial charge in [0, 0.05) is 18.8 Å². The monoisotopic (exact) mass is 251 g/mol. The molecule has 1 rings (SSSR count). The zero-order valence-electron chi connectivity index (χ0n) is 9.70. The number of alkyl halides is 3. The molecule has 1 unspecified atom stereocenters. The van der Waals surface area contributed by atoms with Gasteiger partial charge in [-0.25, -0.2) is 0 Å². The topological polar surface area (TPSA) is 50.1 Å². The fourth-order valence-corrected chi connectivity index (χ4v) is 1.26. The van der Waals surface area contributed by atoms with Gasteiger partial charge in [0.25, 0.3) is 0 Å². The molecule has 0 aromatic carbocycles. The first-order chi connectivity index (χ1) is 7.79. The van der Waals surface area contributed by atoms with Crippen LogP contribution in [0.1, 0.15) is 19.4 Å². The van der Waals surface area contributed by atoms with Crippen LogP contribution >= 0.6 is 0 Å². The molecule has 0 spiro atoms. The van der Waals surface area contributed by atoms with Gasteiger partial charge < -0.3 is 10.4 Å². The Kier molecular flexibility index (Phi) is 4.53. The Morgan fingerprint density at radius 3 is 2.59 bits per heavy atom. The Balaban J connectivity index is 2.49. The molecule has 2 N–H and O–H groups in total. The second-order valence-electron chi connectivity index (χ2n) is 4.17. The largest absolute Gasteiger partial charge is 0.419 e. The predicted molar refractivity (Wildman–Crippen MR) is 56.4 cm³/mol. The average Bonchev–Trinajstić information content (AvgIpc) is 2.62. The van der Waals surface area contributed by atoms with Gasteiger partial charge in [0.1, 0.15) is 0 Å². The molecule has 17 heavy (non-hydrogen) atoms. The van der Waals surface area contributed by atoms with Crippen molar-refractivity contribution in [1.82, 2.24) is 15.1 Å². The first-order valence-corrected chi connectivity index (χ1v) is 5.30. The standard InChI is InChI=1S/C10H16F3N3O/c1-7(2)14-4-9(17)6-16-5-8(3-15-16)10(11,12)13/h3,5,7,9,14,17H,4,6H2,1-2H3. The molecule has 0 aliphatic heterocycles. The first-order valence-electron chi connectivity index (χ1n) is 5.30. The van der Waals surface area contributed by atoms with Gasteiger partial charge in [-0.2, -0.15) is 18.3 Å². The van der Waals surface area contributed by atoms with Crippen molar-refractivity contribution in [2.75, 3.05) is 6.54 Å². The molecular weight excluding hydrogens is 235 g/mol. The van der Waals surface area contributed by atoms with E-state index in [1.807, 2.05) is 13.8 Å². The van der Waals surface area contributed by atoms with E-state index < -0.39 is 17.8 Å². The van der Waals surface area contributed by atoms with Crippen LogP contribution in [0.25, 0.3) is 0 Å². The van der Waals surface area contributed by atoms with Gasteiger partial charge in [0.2, 0.25) is 0 Å². The summed E-state index contributed by atoms with van der Waals surface area (Å²) >= 11 is 0. The molecule has 98 valence electrons. The number of nitrogens with one attached hydrogen (secondary N) is 1. The lowest BCUT2D eigenvalue weighted by Gasteiger charge is -2.13. The van der Waals surface area contributed by atoms with Gasteiger partial charge in [0.05, 0.1) is 24.4 Å². The molecule has 1 aromatic rings. The molecular formula is C10H16F3N3O. The number of aliphatic hydroxyl groups is 1. The van der Waals surface area contributed by atoms with Crippen LogP contribution in [0, 0.1) is 0 Å². The molecule has 1 aromatic heterocycles. The molecule has 1 heterocycles. The molecule has 1 atom stereocenters. The molecule has 0 amide bonds. The third kappa shape index (κ3) is 4.74. The van der Waals surface area contributed by atoms with E-state index in [0.29, 0.717) is 6.54 Å². The van der Waals surface area contributed by atoms with Crippen LogP contribution in [0.15, 0.2) is 12.4 Å². The molecule has 4 nitrogen and oxygen atoms in total. The van der Waals surface area contributed by atoms with Crippen LogP contribution in [0.3, 0.4) is 0 Å². The van der Waals surface area contributed by atoms with Crippen LogP contribution in [-0.2, 0) is 12.7 Å². The van der Waals surface area contributed by atoms with E-state index >= 15 is 0 Å². The number of aliphatic hydroxyl groups excluding tert-OH is 1. The summed E-state index contributed by atoms with van der Waals surface area (Å²) in [7, 11) is 0. The van der Waals surface area contributed by atoms with E-state index in [-0.39, 0.29) is 12.6 Å². The Bertz CT molecular complexity index is 349. The van der Waals surface area contributed by atoms with E-state index in [1.54, 1.807) is 0 Å². The van der Waals surface area contributed by atoms with E-state index in [4.69, 9.17) is 0 Å². The van der Waals surface area contributed by atoms with E-state index in [1.165, 1.54) is 0 Å². The summed E-state index contributed by atoms with van der Waals surface area (Å²) in [6.45, 7) is 4.19. The van der Waals surface area contributed by atoms with E-state index in [0.717, 1.165) is 17.1 Å². The van der Waals surface area contributed by atoms with Crippen molar-refractivity contribution in [1.29, 1.82) is 0 Å². The van der Waals surface area contributed by atoms with Gasteiger partial charge >= 0.3 is 6.18 Å². The van der Waals surface area contributed by atoms with Gasteiger partial charge in [-0.15, -0.1) is 0 Å². The Morgan fingerprint density at radius 2 is 2.12 bits per heavy atom. The molecule has 0 saturated carbocycles. The second-order valence-corrected chi connectivity index (χ2v) is 4.17. The average molecular weight is 251 g/mol. The minimum absolute atomic E-state index is 0.0375. The molecule has 0 bridgehead atoms. The van der Waals surface area contributed by atoms with Crippen molar-refractivity contribution in [2.24, 2.45) is 0 Å². The normalized spacial score (nSPS) is 14.3. The van der Waals surface area contributed by atoms with E-state index in [9.17, 15) is 18.3 Å². The molecule has 7 heteroatoms. The number of halogens is 3. The maximum Gasteiger partial charge on any atom is 0.419 e. The van der Waals surface area contributed by atoms with Crippen LogP contribution in [-0.4, -0.2) is 33.6 Å². The summed E-state index contributed by atoms with van der Waals surface area (Å²) in [5, 5.41) is 16.1. The van der Waals surface area contributed by atoms with Crippen LogP contribution < -0.4 is 5.32 Å². The van der Waals surface area contributed by atoms with Crippen molar-refractivity contribution in [2.45, 2.75) is 38.7 Å². The maximum atomic E-state index is 12.3. The fourth-order valence-electron chi connectivity index (χ4n) is 1.26. The van der Waals surface area contributed by atoms with Crippen molar-refractivity contribution in [3.63, 3.8) is 0 Å². The van der Waals surface area contributed by atoms with Gasteiger partial charge in [0.15, 0.2) is 0 Å². The summed E-state index contributed by atoms with van der Waals surface area (Å²) in [5.41, 5.74) is -0.804. The summed E-state index contributed by atoms with van der Waals surface area (Å²) < 4.78 is 37.9. The Morgan fingerprint density at radius 1 is 1.47 bits per heavy atom. The number of hydrogen-bond acceptors (Lipinski definition) is 3. The van der Waals surface area contributed by atoms with E-state index in [2.05, 4.69) is 10.4 Å². The number of aromatic nitrogens is 2. The van der Waals surface area contributed by atoms with Crippen LogP contribution in [0.5, 0.6) is 0 Å². The van der Waals surface area contributed by atoms with Crippen molar-refractivity contribution < 1.29 is 18.3 Å². The zero-order chi connectivity index (χ0) is 13.1. The summed E-state index contributed by atoms with van der Waals surface area (Å²) in [5.74, 6) is 0. The number of hydrogen-bond donors (Lipinski definition) is 2. The lowest BCUT2D eigenvalue weighted by Crippen LogP contribution is -2.34. The Hall–Kier alpha value is -1.08. The second kappa shape index (κ2) is 5.50. The highest BCUT2D eigenvalue weighted by atomic mass is 19.4. The van der Waals surface area contributed by atoms with Gasteiger partial charge in [-0.3, -0.25) is 4.68 Å². The van der Waals surface area contributed by atoms with Crippen LogP contribution in [0.4, 0.5) is 13.2 Å². The molecule has 0 saturated heterocycles. The highest BCUT2D eigenvalue weighted by molar-refractivity contribution is 5.08. The van der Waals surface area contributed by atoms with Gasteiger partial charge in [-0.05, 0) is 0 Å². The predicted octanol–water partition coefficient (Wildman–Crippen LogP) is 1.26. The minimum atomic E-state index is -4.39. The van der Waals surface area contributed by atoms with Crippen molar-refractivity contribution in [3.8, 4) is 0 Å². The molecule has 0 aliphatic carbocycles. The minimum Gasteiger partial charge on any atom is -0.390 e. The summed E-state index contributed by atoms with van der Waals surface area (Å²) in [6, 6.07) is 0.216. The molecule has 0 aliphatic rings. The lowest BCUT2D eigenvalue weighted by molar-refractivity contribution is -0.137. The summed E-state index contributed by atoms with van der Waals surface area (Å²) in [6.07, 6.45) is -3.51. The SMILES string of the molecule is CC(C)NCC(O)Cn1cc(C(F)(F)F)cn1. The highest BCUT2D eigenvalue weighted by Crippen LogP contribution is 2.28. The third-order valence-electron chi connectivity index (χ3n) is 2.12. The first kappa shape index (κ1) is 14.0.